The monoisotopic (exact) mass is 381 g/mol. The summed E-state index contributed by atoms with van der Waals surface area (Å²) in [6.07, 6.45) is 4.16. The fraction of sp³-hybridized carbons (Fsp3) is 0.412. The van der Waals surface area contributed by atoms with Crippen LogP contribution in [0.1, 0.15) is 25.3 Å². The Balaban J connectivity index is 1.96. The largest absolute Gasteiger partial charge is 0.496 e. The van der Waals surface area contributed by atoms with E-state index in [1.165, 1.54) is 6.08 Å². The number of rotatable bonds is 5. The van der Waals surface area contributed by atoms with Crippen molar-refractivity contribution in [2.45, 2.75) is 25.9 Å². The molecule has 1 aromatic rings. The van der Waals surface area contributed by atoms with Crippen molar-refractivity contribution in [3.63, 3.8) is 0 Å². The van der Waals surface area contributed by atoms with E-state index in [-0.39, 0.29) is 5.91 Å². The summed E-state index contributed by atoms with van der Waals surface area (Å²) < 4.78 is 11.3. The first-order valence-corrected chi connectivity index (χ1v) is 8.31. The molecule has 0 aromatic heterocycles. The van der Waals surface area contributed by atoms with Crippen molar-refractivity contribution in [2.75, 3.05) is 20.2 Å². The van der Waals surface area contributed by atoms with Crippen molar-refractivity contribution in [3.8, 4) is 5.75 Å². The van der Waals surface area contributed by atoms with Crippen LogP contribution in [0.3, 0.4) is 0 Å². The van der Waals surface area contributed by atoms with Gasteiger partial charge in [0.25, 0.3) is 5.91 Å². The number of nitrogens with zero attached hydrogens (tertiary/aromatic N) is 1. The Morgan fingerprint density at radius 1 is 1.30 bits per heavy atom. The van der Waals surface area contributed by atoms with Crippen LogP contribution in [-0.2, 0) is 14.3 Å². The highest BCUT2D eigenvalue weighted by Gasteiger charge is 2.25. The van der Waals surface area contributed by atoms with E-state index in [2.05, 4.69) is 15.9 Å². The lowest BCUT2D eigenvalue weighted by atomic mass is 10.2. The molecule has 6 heteroatoms. The topological polar surface area (TPSA) is 55.8 Å². The van der Waals surface area contributed by atoms with E-state index < -0.39 is 12.1 Å². The summed E-state index contributed by atoms with van der Waals surface area (Å²) in [7, 11) is 1.57. The highest BCUT2D eigenvalue weighted by atomic mass is 79.9. The zero-order valence-electron chi connectivity index (χ0n) is 13.3. The Bertz CT molecular complexity index is 609. The van der Waals surface area contributed by atoms with E-state index in [4.69, 9.17) is 9.47 Å². The number of benzene rings is 1. The quantitative estimate of drug-likeness (QED) is 0.580. The van der Waals surface area contributed by atoms with Gasteiger partial charge in [-0.15, -0.1) is 0 Å². The molecule has 0 unspecified atom stereocenters. The summed E-state index contributed by atoms with van der Waals surface area (Å²) in [6.45, 7) is 3.09. The molecule has 1 aromatic carbocycles. The second-order valence-corrected chi connectivity index (χ2v) is 6.25. The van der Waals surface area contributed by atoms with Crippen LogP contribution >= 0.6 is 15.9 Å². The summed E-state index contributed by atoms with van der Waals surface area (Å²) in [5, 5.41) is 0. The lowest BCUT2D eigenvalue weighted by molar-refractivity contribution is -0.154. The Labute approximate surface area is 144 Å². The second-order valence-electron chi connectivity index (χ2n) is 5.33. The van der Waals surface area contributed by atoms with Gasteiger partial charge < -0.3 is 14.4 Å². The number of ether oxygens (including phenoxy) is 2. The molecular formula is C17H20BrNO4. The molecule has 2 rings (SSSR count). The number of carbonyl (C=O) groups excluding carboxylic acids is 2. The maximum atomic E-state index is 12.1. The lowest BCUT2D eigenvalue weighted by Crippen LogP contribution is -2.37. The van der Waals surface area contributed by atoms with E-state index in [1.54, 1.807) is 31.1 Å². The molecule has 1 amide bonds. The van der Waals surface area contributed by atoms with E-state index in [9.17, 15) is 9.59 Å². The van der Waals surface area contributed by atoms with E-state index in [0.29, 0.717) is 5.75 Å². The van der Waals surface area contributed by atoms with Gasteiger partial charge >= 0.3 is 5.97 Å². The zero-order chi connectivity index (χ0) is 16.8. The zero-order valence-corrected chi connectivity index (χ0v) is 14.8. The second kappa shape index (κ2) is 8.15. The highest BCUT2D eigenvalue weighted by molar-refractivity contribution is 9.10. The number of likely N-dealkylation sites (tertiary alicyclic amines) is 1. The summed E-state index contributed by atoms with van der Waals surface area (Å²) in [6, 6.07) is 5.49. The Morgan fingerprint density at radius 2 is 2.00 bits per heavy atom. The standard InChI is InChI=1S/C17H20BrNO4/c1-12(17(21)19-9-3-4-10-19)23-16(20)8-5-13-11-14(18)6-7-15(13)22-2/h5-8,11-12H,3-4,9-10H2,1-2H3/b8-5+/t12-/m0/s1. The Kier molecular flexibility index (Phi) is 6.21. The SMILES string of the molecule is COc1ccc(Br)cc1/C=C/C(=O)O[C@@H](C)C(=O)N1CCCC1. The Morgan fingerprint density at radius 3 is 2.65 bits per heavy atom. The van der Waals surface area contributed by atoms with Crippen molar-refractivity contribution in [1.82, 2.24) is 4.90 Å². The molecular weight excluding hydrogens is 362 g/mol. The van der Waals surface area contributed by atoms with E-state index >= 15 is 0 Å². The predicted molar refractivity (Wildman–Crippen MR) is 91.1 cm³/mol. The van der Waals surface area contributed by atoms with Crippen LogP contribution in [0.25, 0.3) is 6.08 Å². The molecule has 0 spiro atoms. The van der Waals surface area contributed by atoms with Crippen molar-refractivity contribution >= 4 is 33.9 Å². The number of amides is 1. The minimum atomic E-state index is -0.769. The summed E-state index contributed by atoms with van der Waals surface area (Å²) in [5.41, 5.74) is 0.748. The first kappa shape index (κ1) is 17.5. The van der Waals surface area contributed by atoms with E-state index in [0.717, 1.165) is 36.0 Å². The number of carbonyl (C=O) groups is 2. The van der Waals surface area contributed by atoms with Gasteiger partial charge in [-0.05, 0) is 44.0 Å². The molecule has 1 aliphatic heterocycles. The summed E-state index contributed by atoms with van der Waals surface area (Å²) in [5.74, 6) is -0.0326. The van der Waals surface area contributed by atoms with Gasteiger partial charge in [0.15, 0.2) is 6.10 Å². The van der Waals surface area contributed by atoms with Crippen molar-refractivity contribution in [3.05, 3.63) is 34.3 Å². The molecule has 0 saturated carbocycles. The molecule has 23 heavy (non-hydrogen) atoms. The smallest absolute Gasteiger partial charge is 0.331 e. The summed E-state index contributed by atoms with van der Waals surface area (Å²) >= 11 is 3.37. The van der Waals surface area contributed by atoms with Crippen LogP contribution in [0, 0.1) is 0 Å². The average Bonchev–Trinajstić information content (AvgIpc) is 3.06. The third-order valence-electron chi connectivity index (χ3n) is 3.65. The van der Waals surface area contributed by atoms with Crippen LogP contribution in [-0.4, -0.2) is 43.1 Å². The molecule has 0 bridgehead atoms. The van der Waals surface area contributed by atoms with Gasteiger partial charge in [0.05, 0.1) is 7.11 Å². The van der Waals surface area contributed by atoms with Gasteiger partial charge in [-0.2, -0.15) is 0 Å². The average molecular weight is 382 g/mol. The molecule has 0 radical (unpaired) electrons. The van der Waals surface area contributed by atoms with Crippen LogP contribution in [0.5, 0.6) is 5.75 Å². The first-order valence-electron chi connectivity index (χ1n) is 7.52. The normalized spacial score (nSPS) is 15.7. The lowest BCUT2D eigenvalue weighted by Gasteiger charge is -2.19. The fourth-order valence-electron chi connectivity index (χ4n) is 2.45. The van der Waals surface area contributed by atoms with E-state index in [1.807, 2.05) is 12.1 Å². The van der Waals surface area contributed by atoms with Gasteiger partial charge in [-0.25, -0.2) is 4.79 Å². The highest BCUT2D eigenvalue weighted by Crippen LogP contribution is 2.24. The van der Waals surface area contributed by atoms with Gasteiger partial charge in [0.1, 0.15) is 5.75 Å². The molecule has 1 saturated heterocycles. The number of hydrogen-bond acceptors (Lipinski definition) is 4. The van der Waals surface area contributed by atoms with Crippen LogP contribution in [0.15, 0.2) is 28.7 Å². The molecule has 1 aliphatic rings. The van der Waals surface area contributed by atoms with Crippen LogP contribution in [0.4, 0.5) is 0 Å². The van der Waals surface area contributed by atoms with Crippen molar-refractivity contribution in [1.29, 1.82) is 0 Å². The molecule has 1 heterocycles. The van der Waals surface area contributed by atoms with Crippen molar-refractivity contribution < 1.29 is 19.1 Å². The first-order chi connectivity index (χ1) is 11.0. The number of halogens is 1. The maximum Gasteiger partial charge on any atom is 0.331 e. The third kappa shape index (κ3) is 4.82. The molecule has 0 aliphatic carbocycles. The number of hydrogen-bond donors (Lipinski definition) is 0. The molecule has 5 nitrogen and oxygen atoms in total. The minimum absolute atomic E-state index is 0.135. The fourth-order valence-corrected chi connectivity index (χ4v) is 2.83. The van der Waals surface area contributed by atoms with Gasteiger partial charge in [0.2, 0.25) is 0 Å². The van der Waals surface area contributed by atoms with Gasteiger partial charge in [-0.3, -0.25) is 4.79 Å². The Hall–Kier alpha value is -1.82. The van der Waals surface area contributed by atoms with Crippen LogP contribution < -0.4 is 4.74 Å². The molecule has 0 N–H and O–H groups in total. The van der Waals surface area contributed by atoms with Gasteiger partial charge in [0, 0.05) is 29.2 Å². The van der Waals surface area contributed by atoms with Crippen LogP contribution in [0.2, 0.25) is 0 Å². The predicted octanol–water partition coefficient (Wildman–Crippen LogP) is 3.03. The number of esters is 1. The molecule has 1 fully saturated rings. The van der Waals surface area contributed by atoms with Crippen molar-refractivity contribution in [2.24, 2.45) is 0 Å². The summed E-state index contributed by atoms with van der Waals surface area (Å²) in [4.78, 5) is 25.7. The molecule has 1 atom stereocenters. The van der Waals surface area contributed by atoms with Gasteiger partial charge in [-0.1, -0.05) is 15.9 Å². The maximum absolute atomic E-state index is 12.1. The third-order valence-corrected chi connectivity index (χ3v) is 4.14. The minimum Gasteiger partial charge on any atom is -0.496 e. The molecule has 124 valence electrons. The number of methoxy groups -OCH3 is 1.